The summed E-state index contributed by atoms with van der Waals surface area (Å²) in [5, 5.41) is 11.2. The van der Waals surface area contributed by atoms with Gasteiger partial charge in [0.25, 0.3) is 5.91 Å². The van der Waals surface area contributed by atoms with Gasteiger partial charge in [0.1, 0.15) is 17.2 Å². The first-order valence-corrected chi connectivity index (χ1v) is 14.2. The summed E-state index contributed by atoms with van der Waals surface area (Å²) in [7, 11) is 0. The molecule has 1 N–H and O–H groups in total. The monoisotopic (exact) mass is 572 g/mol. The van der Waals surface area contributed by atoms with Gasteiger partial charge in [-0.3, -0.25) is 14.5 Å². The van der Waals surface area contributed by atoms with Crippen molar-refractivity contribution < 1.29 is 29.0 Å². The Morgan fingerprint density at radius 1 is 1.15 bits per heavy atom. The van der Waals surface area contributed by atoms with Crippen molar-refractivity contribution in [3.8, 4) is 5.75 Å². The fourth-order valence-corrected chi connectivity index (χ4v) is 5.37. The minimum absolute atomic E-state index is 0.0244. The topological polar surface area (TPSA) is 106 Å². The van der Waals surface area contributed by atoms with E-state index in [2.05, 4.69) is 18.5 Å². The average Bonchev–Trinajstić information content (AvgIpc) is 3.49. The van der Waals surface area contributed by atoms with Crippen LogP contribution in [-0.2, 0) is 14.3 Å². The fraction of sp³-hybridized carbons (Fsp3) is 0.250. The molecule has 0 aliphatic carbocycles. The Balaban J connectivity index is 1.75. The van der Waals surface area contributed by atoms with E-state index in [9.17, 15) is 19.5 Å². The Hall–Kier alpha value is -4.50. The number of benzene rings is 2. The van der Waals surface area contributed by atoms with E-state index >= 15 is 0 Å². The van der Waals surface area contributed by atoms with E-state index in [1.807, 2.05) is 30.3 Å². The van der Waals surface area contributed by atoms with E-state index in [1.54, 1.807) is 37.3 Å². The number of carbonyl (C=O) groups is 3. The van der Waals surface area contributed by atoms with Crippen molar-refractivity contribution >= 4 is 40.2 Å². The Morgan fingerprint density at radius 2 is 1.93 bits per heavy atom. The zero-order valence-corrected chi connectivity index (χ0v) is 23.9. The second-order valence-electron chi connectivity index (χ2n) is 9.37. The SMILES string of the molecule is C=CCOC(=O)c1sc(N2C(=O)C(O)=C(C(=O)C=Cc3ccccc3)C2c2cccc(OCCCCC)c2)nc1C. The van der Waals surface area contributed by atoms with Crippen LogP contribution in [0.1, 0.15) is 58.7 Å². The molecule has 3 aromatic rings. The molecule has 41 heavy (non-hydrogen) atoms. The third-order valence-corrected chi connectivity index (χ3v) is 7.54. The summed E-state index contributed by atoms with van der Waals surface area (Å²) < 4.78 is 11.1. The molecule has 2 aromatic carbocycles. The van der Waals surface area contributed by atoms with Crippen LogP contribution in [0.3, 0.4) is 0 Å². The van der Waals surface area contributed by atoms with Crippen LogP contribution in [0.4, 0.5) is 5.13 Å². The molecule has 212 valence electrons. The number of allylic oxidation sites excluding steroid dienone is 1. The molecule has 1 aromatic heterocycles. The van der Waals surface area contributed by atoms with Gasteiger partial charge in [-0.05, 0) is 42.7 Å². The number of unbranched alkanes of at least 4 members (excludes halogenated alkanes) is 2. The van der Waals surface area contributed by atoms with Crippen LogP contribution in [0, 0.1) is 6.92 Å². The molecule has 0 fully saturated rings. The van der Waals surface area contributed by atoms with Crippen LogP contribution in [0.15, 0.2) is 84.7 Å². The quantitative estimate of drug-likeness (QED) is 0.107. The number of aromatic nitrogens is 1. The number of ketones is 1. The third-order valence-electron chi connectivity index (χ3n) is 6.40. The Bertz CT molecular complexity index is 1490. The minimum Gasteiger partial charge on any atom is -0.503 e. The Kier molecular flexibility index (Phi) is 9.86. The van der Waals surface area contributed by atoms with Crippen LogP contribution in [0.5, 0.6) is 5.75 Å². The highest BCUT2D eigenvalue weighted by Gasteiger charge is 2.45. The van der Waals surface area contributed by atoms with Crippen LogP contribution in [-0.4, -0.2) is 41.0 Å². The highest BCUT2D eigenvalue weighted by molar-refractivity contribution is 7.17. The zero-order chi connectivity index (χ0) is 29.4. The largest absolute Gasteiger partial charge is 0.503 e. The van der Waals surface area contributed by atoms with E-state index in [1.165, 1.54) is 17.1 Å². The van der Waals surface area contributed by atoms with Crippen molar-refractivity contribution in [2.75, 3.05) is 18.1 Å². The van der Waals surface area contributed by atoms with E-state index in [4.69, 9.17) is 9.47 Å². The zero-order valence-electron chi connectivity index (χ0n) is 23.0. The van der Waals surface area contributed by atoms with Crippen molar-refractivity contribution in [3.05, 3.63) is 106 Å². The predicted molar refractivity (Wildman–Crippen MR) is 159 cm³/mol. The number of thiazole rings is 1. The fourth-order valence-electron chi connectivity index (χ4n) is 4.39. The van der Waals surface area contributed by atoms with Gasteiger partial charge >= 0.3 is 5.97 Å². The lowest BCUT2D eigenvalue weighted by atomic mass is 9.95. The molecule has 0 bridgehead atoms. The number of ether oxygens (including phenoxy) is 2. The van der Waals surface area contributed by atoms with Crippen LogP contribution in [0.25, 0.3) is 6.08 Å². The number of aryl methyl sites for hydroxylation is 1. The molecule has 8 nitrogen and oxygen atoms in total. The van der Waals surface area contributed by atoms with Crippen molar-refractivity contribution in [3.63, 3.8) is 0 Å². The summed E-state index contributed by atoms with van der Waals surface area (Å²) >= 11 is 0.954. The number of esters is 1. The van der Waals surface area contributed by atoms with E-state index < -0.39 is 29.5 Å². The minimum atomic E-state index is -1.00. The van der Waals surface area contributed by atoms with Gasteiger partial charge in [0.2, 0.25) is 0 Å². The second kappa shape index (κ2) is 13.7. The van der Waals surface area contributed by atoms with Crippen molar-refractivity contribution in [1.82, 2.24) is 4.98 Å². The van der Waals surface area contributed by atoms with Crippen molar-refractivity contribution in [2.45, 2.75) is 39.2 Å². The van der Waals surface area contributed by atoms with Gasteiger partial charge in [0.15, 0.2) is 16.7 Å². The summed E-state index contributed by atoms with van der Waals surface area (Å²) in [5.74, 6) is -2.01. The number of carbonyl (C=O) groups excluding carboxylic acids is 3. The molecule has 4 rings (SSSR count). The lowest BCUT2D eigenvalue weighted by molar-refractivity contribution is -0.117. The maximum atomic E-state index is 13.5. The molecule has 1 aliphatic rings. The standard InChI is InChI=1S/C32H32N2O6S/c1-4-6-10-19-39-24-15-11-14-23(20-24)27-26(25(35)17-16-22-12-8-7-9-13-22)28(36)30(37)34(27)32-33-21(3)29(41-32)31(38)40-18-5-2/h5,7-9,11-17,20,27,36H,2,4,6,10,18-19H2,1,3H3. The second-order valence-corrected chi connectivity index (χ2v) is 10.4. The van der Waals surface area contributed by atoms with Crippen LogP contribution >= 0.6 is 11.3 Å². The van der Waals surface area contributed by atoms with Gasteiger partial charge in [0, 0.05) is 0 Å². The van der Waals surface area contributed by atoms with Gasteiger partial charge in [-0.2, -0.15) is 0 Å². The molecule has 0 spiro atoms. The van der Waals surface area contributed by atoms with Gasteiger partial charge in [-0.1, -0.05) is 92.3 Å². The summed E-state index contributed by atoms with van der Waals surface area (Å²) in [4.78, 5) is 45.6. The molecule has 9 heteroatoms. The Labute approximate surface area is 243 Å². The average molecular weight is 573 g/mol. The van der Waals surface area contributed by atoms with Crippen molar-refractivity contribution in [2.24, 2.45) is 0 Å². The number of anilines is 1. The van der Waals surface area contributed by atoms with E-state index in [0.29, 0.717) is 23.6 Å². The smallest absolute Gasteiger partial charge is 0.350 e. The number of rotatable bonds is 13. The molecule has 0 radical (unpaired) electrons. The van der Waals surface area contributed by atoms with E-state index in [-0.39, 0.29) is 22.2 Å². The normalized spacial score (nSPS) is 15.0. The lowest BCUT2D eigenvalue weighted by Gasteiger charge is -2.24. The molecule has 0 saturated carbocycles. The van der Waals surface area contributed by atoms with Gasteiger partial charge in [0.05, 0.1) is 23.9 Å². The van der Waals surface area contributed by atoms with E-state index in [0.717, 1.165) is 36.2 Å². The first kappa shape index (κ1) is 29.5. The summed E-state index contributed by atoms with van der Waals surface area (Å²) in [6.07, 6.45) is 7.41. The molecule has 0 saturated heterocycles. The molecular formula is C32H32N2O6S. The van der Waals surface area contributed by atoms with Gasteiger partial charge in [-0.25, -0.2) is 9.78 Å². The summed E-state index contributed by atoms with van der Waals surface area (Å²) in [6, 6.07) is 15.3. The molecule has 1 atom stereocenters. The number of aliphatic hydroxyl groups excluding tert-OH is 1. The number of amides is 1. The number of hydrogen-bond acceptors (Lipinski definition) is 8. The maximum absolute atomic E-state index is 13.5. The van der Waals surface area contributed by atoms with Crippen LogP contribution in [0.2, 0.25) is 0 Å². The maximum Gasteiger partial charge on any atom is 0.350 e. The molecule has 1 amide bonds. The first-order chi connectivity index (χ1) is 19.8. The summed E-state index contributed by atoms with van der Waals surface area (Å²) in [6.45, 7) is 7.84. The highest BCUT2D eigenvalue weighted by atomic mass is 32.1. The number of aliphatic hydroxyl groups is 1. The molecular weight excluding hydrogens is 540 g/mol. The number of hydrogen-bond donors (Lipinski definition) is 1. The third kappa shape index (κ3) is 6.81. The lowest BCUT2D eigenvalue weighted by Crippen LogP contribution is -2.30. The van der Waals surface area contributed by atoms with Gasteiger partial charge in [-0.15, -0.1) is 0 Å². The Morgan fingerprint density at radius 3 is 2.66 bits per heavy atom. The molecule has 1 aliphatic heterocycles. The predicted octanol–water partition coefficient (Wildman–Crippen LogP) is 6.55. The van der Waals surface area contributed by atoms with Gasteiger partial charge < -0.3 is 14.6 Å². The number of nitrogens with zero attached hydrogens (tertiary/aromatic N) is 2. The molecule has 2 heterocycles. The highest BCUT2D eigenvalue weighted by Crippen LogP contribution is 2.43. The molecule has 1 unspecified atom stereocenters. The summed E-state index contributed by atoms with van der Waals surface area (Å²) in [5.41, 5.74) is 1.62. The van der Waals surface area contributed by atoms with Crippen LogP contribution < -0.4 is 9.64 Å². The first-order valence-electron chi connectivity index (χ1n) is 13.4. The van der Waals surface area contributed by atoms with Crippen molar-refractivity contribution in [1.29, 1.82) is 0 Å².